The third-order valence-corrected chi connectivity index (χ3v) is 2.83. The first-order valence-corrected chi connectivity index (χ1v) is 6.13. The first-order chi connectivity index (χ1) is 8.79. The van der Waals surface area contributed by atoms with E-state index in [9.17, 15) is 0 Å². The van der Waals surface area contributed by atoms with Gasteiger partial charge in [0.2, 0.25) is 0 Å². The van der Waals surface area contributed by atoms with Crippen molar-refractivity contribution in [2.75, 3.05) is 13.7 Å². The van der Waals surface area contributed by atoms with Crippen LogP contribution in [0, 0.1) is 0 Å². The van der Waals surface area contributed by atoms with Crippen LogP contribution in [0.3, 0.4) is 0 Å². The third-order valence-electron chi connectivity index (χ3n) is 2.83. The molecule has 0 aliphatic carbocycles. The smallest absolute Gasteiger partial charge is 0.119 e. The van der Waals surface area contributed by atoms with E-state index >= 15 is 0 Å². The van der Waals surface area contributed by atoms with Crippen LogP contribution < -0.4 is 10.1 Å². The summed E-state index contributed by atoms with van der Waals surface area (Å²) in [5, 5.41) is 7.26. The van der Waals surface area contributed by atoms with Gasteiger partial charge in [0.1, 0.15) is 5.75 Å². The maximum atomic E-state index is 5.75. The standard InChI is InChI=1S/C14H19N3O/c1-15-11-12-4-3-5-14(10-12)18-9-7-13-6-8-16-17(13)2/h3-6,8,10,15H,7,9,11H2,1-2H3. The number of nitrogens with one attached hydrogen (secondary N) is 1. The molecular formula is C14H19N3O. The summed E-state index contributed by atoms with van der Waals surface area (Å²) in [7, 11) is 3.89. The van der Waals surface area contributed by atoms with Crippen molar-refractivity contribution in [2.24, 2.45) is 7.05 Å². The predicted molar refractivity (Wildman–Crippen MR) is 71.6 cm³/mol. The Morgan fingerprint density at radius 1 is 1.33 bits per heavy atom. The number of aromatic nitrogens is 2. The quantitative estimate of drug-likeness (QED) is 0.843. The normalized spacial score (nSPS) is 10.6. The van der Waals surface area contributed by atoms with Crippen LogP contribution in [0.5, 0.6) is 5.75 Å². The zero-order chi connectivity index (χ0) is 12.8. The predicted octanol–water partition coefficient (Wildman–Crippen LogP) is 1.76. The Hall–Kier alpha value is -1.81. The number of ether oxygens (including phenoxy) is 1. The molecule has 1 N–H and O–H groups in total. The average Bonchev–Trinajstić information content (AvgIpc) is 2.76. The second-order valence-electron chi connectivity index (χ2n) is 4.22. The fourth-order valence-electron chi connectivity index (χ4n) is 1.87. The number of benzene rings is 1. The molecule has 1 aromatic carbocycles. The number of hydrogen-bond acceptors (Lipinski definition) is 3. The van der Waals surface area contributed by atoms with E-state index in [2.05, 4.69) is 22.5 Å². The monoisotopic (exact) mass is 245 g/mol. The lowest BCUT2D eigenvalue weighted by molar-refractivity contribution is 0.318. The molecule has 96 valence electrons. The molecule has 0 fully saturated rings. The van der Waals surface area contributed by atoms with E-state index in [1.54, 1.807) is 0 Å². The average molecular weight is 245 g/mol. The first-order valence-electron chi connectivity index (χ1n) is 6.13. The van der Waals surface area contributed by atoms with Gasteiger partial charge in [-0.05, 0) is 30.8 Å². The van der Waals surface area contributed by atoms with Gasteiger partial charge in [-0.15, -0.1) is 0 Å². The van der Waals surface area contributed by atoms with Crippen LogP contribution >= 0.6 is 0 Å². The summed E-state index contributed by atoms with van der Waals surface area (Å²) in [6.07, 6.45) is 2.68. The highest BCUT2D eigenvalue weighted by molar-refractivity contribution is 5.28. The molecule has 18 heavy (non-hydrogen) atoms. The fraction of sp³-hybridized carbons (Fsp3) is 0.357. The van der Waals surface area contributed by atoms with E-state index in [4.69, 9.17) is 4.74 Å². The first kappa shape index (κ1) is 12.6. The Morgan fingerprint density at radius 2 is 2.22 bits per heavy atom. The molecule has 0 aliphatic heterocycles. The van der Waals surface area contributed by atoms with E-state index in [0.29, 0.717) is 6.61 Å². The van der Waals surface area contributed by atoms with Gasteiger partial charge in [-0.1, -0.05) is 12.1 Å². The molecule has 0 amide bonds. The highest BCUT2D eigenvalue weighted by atomic mass is 16.5. The van der Waals surface area contributed by atoms with Crippen molar-refractivity contribution in [3.63, 3.8) is 0 Å². The van der Waals surface area contributed by atoms with Gasteiger partial charge in [0.05, 0.1) is 6.61 Å². The summed E-state index contributed by atoms with van der Waals surface area (Å²) in [5.41, 5.74) is 2.41. The summed E-state index contributed by atoms with van der Waals surface area (Å²) in [4.78, 5) is 0. The molecule has 1 aromatic heterocycles. The van der Waals surface area contributed by atoms with Crippen molar-refractivity contribution in [3.05, 3.63) is 47.8 Å². The Balaban J connectivity index is 1.86. The molecule has 0 bridgehead atoms. The molecule has 0 unspecified atom stereocenters. The van der Waals surface area contributed by atoms with Gasteiger partial charge in [-0.25, -0.2) is 0 Å². The largest absolute Gasteiger partial charge is 0.493 e. The molecule has 0 saturated heterocycles. The van der Waals surface area contributed by atoms with Crippen molar-refractivity contribution >= 4 is 0 Å². The minimum absolute atomic E-state index is 0.669. The number of aryl methyl sites for hydroxylation is 1. The zero-order valence-electron chi connectivity index (χ0n) is 10.9. The van der Waals surface area contributed by atoms with Crippen LogP contribution in [-0.2, 0) is 20.0 Å². The van der Waals surface area contributed by atoms with Crippen LogP contribution in [0.2, 0.25) is 0 Å². The van der Waals surface area contributed by atoms with Gasteiger partial charge < -0.3 is 10.1 Å². The van der Waals surface area contributed by atoms with Gasteiger partial charge >= 0.3 is 0 Å². The molecular weight excluding hydrogens is 226 g/mol. The van der Waals surface area contributed by atoms with Crippen molar-refractivity contribution in [3.8, 4) is 5.75 Å². The minimum atomic E-state index is 0.669. The fourth-order valence-corrected chi connectivity index (χ4v) is 1.87. The summed E-state index contributed by atoms with van der Waals surface area (Å²) in [6.45, 7) is 1.53. The second-order valence-corrected chi connectivity index (χ2v) is 4.22. The lowest BCUT2D eigenvalue weighted by Gasteiger charge is -2.08. The summed E-state index contributed by atoms with van der Waals surface area (Å²) in [6, 6.07) is 10.2. The maximum absolute atomic E-state index is 5.75. The molecule has 0 aliphatic rings. The van der Waals surface area contributed by atoms with Gasteiger partial charge in [0.15, 0.2) is 0 Å². The van der Waals surface area contributed by atoms with E-state index in [-0.39, 0.29) is 0 Å². The van der Waals surface area contributed by atoms with E-state index in [1.165, 1.54) is 11.3 Å². The Labute approximate surface area is 108 Å². The molecule has 1 heterocycles. The highest BCUT2D eigenvalue weighted by Gasteiger charge is 2.00. The van der Waals surface area contributed by atoms with Crippen molar-refractivity contribution in [1.82, 2.24) is 15.1 Å². The maximum Gasteiger partial charge on any atom is 0.119 e. The molecule has 4 heteroatoms. The van der Waals surface area contributed by atoms with Gasteiger partial charge in [0, 0.05) is 31.9 Å². The topological polar surface area (TPSA) is 39.1 Å². The molecule has 0 radical (unpaired) electrons. The zero-order valence-corrected chi connectivity index (χ0v) is 10.9. The summed E-state index contributed by atoms with van der Waals surface area (Å²) < 4.78 is 7.63. The SMILES string of the molecule is CNCc1cccc(OCCc2ccnn2C)c1. The molecule has 0 saturated carbocycles. The van der Waals surface area contributed by atoms with Gasteiger partial charge in [0.25, 0.3) is 0 Å². The van der Waals surface area contributed by atoms with Crippen LogP contribution in [0.1, 0.15) is 11.3 Å². The molecule has 4 nitrogen and oxygen atoms in total. The molecule has 2 rings (SSSR count). The van der Waals surface area contributed by atoms with E-state index in [1.807, 2.05) is 43.2 Å². The third kappa shape index (κ3) is 3.34. The molecule has 2 aromatic rings. The number of hydrogen-bond donors (Lipinski definition) is 1. The molecule has 0 atom stereocenters. The van der Waals surface area contributed by atoms with Crippen LogP contribution in [0.25, 0.3) is 0 Å². The van der Waals surface area contributed by atoms with Crippen molar-refractivity contribution in [1.29, 1.82) is 0 Å². The number of nitrogens with zero attached hydrogens (tertiary/aromatic N) is 2. The van der Waals surface area contributed by atoms with Crippen molar-refractivity contribution < 1.29 is 4.74 Å². The van der Waals surface area contributed by atoms with Crippen LogP contribution in [0.4, 0.5) is 0 Å². The second kappa shape index (κ2) is 6.21. The van der Waals surface area contributed by atoms with Crippen LogP contribution in [0.15, 0.2) is 36.5 Å². The summed E-state index contributed by atoms with van der Waals surface area (Å²) >= 11 is 0. The van der Waals surface area contributed by atoms with E-state index < -0.39 is 0 Å². The van der Waals surface area contributed by atoms with Gasteiger partial charge in [-0.2, -0.15) is 5.10 Å². The summed E-state index contributed by atoms with van der Waals surface area (Å²) in [5.74, 6) is 0.921. The Bertz CT molecular complexity index is 493. The van der Waals surface area contributed by atoms with Crippen molar-refractivity contribution in [2.45, 2.75) is 13.0 Å². The Kier molecular flexibility index (Phi) is 4.36. The van der Waals surface area contributed by atoms with E-state index in [0.717, 1.165) is 18.7 Å². The minimum Gasteiger partial charge on any atom is -0.493 e. The van der Waals surface area contributed by atoms with Gasteiger partial charge in [-0.3, -0.25) is 4.68 Å². The van der Waals surface area contributed by atoms with Crippen LogP contribution in [-0.4, -0.2) is 23.4 Å². The number of rotatable bonds is 6. The molecule has 0 spiro atoms. The lowest BCUT2D eigenvalue weighted by Crippen LogP contribution is -2.07. The lowest BCUT2D eigenvalue weighted by atomic mass is 10.2. The highest BCUT2D eigenvalue weighted by Crippen LogP contribution is 2.13. The Morgan fingerprint density at radius 3 is 2.94 bits per heavy atom.